The maximum atomic E-state index is 10.7. The van der Waals surface area contributed by atoms with Crippen molar-refractivity contribution in [1.82, 2.24) is 0 Å². The number of hydrogen-bond donors (Lipinski definition) is 4. The van der Waals surface area contributed by atoms with E-state index in [1.165, 1.54) is 30.3 Å². The van der Waals surface area contributed by atoms with E-state index < -0.39 is 11.6 Å². The van der Waals surface area contributed by atoms with Gasteiger partial charge in [-0.15, -0.1) is 0 Å². The molecule has 0 amide bonds. The Morgan fingerprint density at radius 2 is 1.56 bits per heavy atom. The predicted molar refractivity (Wildman–Crippen MR) is 90.6 cm³/mol. The maximum Gasteiger partial charge on any atom is 0.336 e. The van der Waals surface area contributed by atoms with E-state index >= 15 is 0 Å². The van der Waals surface area contributed by atoms with E-state index in [1.54, 1.807) is 18.2 Å². The third kappa shape index (κ3) is 5.14. The summed E-state index contributed by atoms with van der Waals surface area (Å²) in [6.45, 7) is 0. The minimum atomic E-state index is -1.09. The van der Waals surface area contributed by atoms with Crippen molar-refractivity contribution in [2.75, 3.05) is 0 Å². The zero-order chi connectivity index (χ0) is 18.4. The number of rotatable bonds is 2. The number of hydrogen-bond acceptors (Lipinski definition) is 6. The molecule has 1 heterocycles. The van der Waals surface area contributed by atoms with Crippen molar-refractivity contribution in [2.24, 2.45) is 0 Å². The van der Waals surface area contributed by atoms with E-state index in [4.69, 9.17) is 19.7 Å². The molecular weight excluding hydrogens is 328 g/mol. The molecule has 0 aliphatic carbocycles. The van der Waals surface area contributed by atoms with Gasteiger partial charge in [0.05, 0.1) is 0 Å². The molecular formula is C18H14O7. The number of carboxylic acid groups (broad SMARTS) is 1. The quantitative estimate of drug-likeness (QED) is 0.416. The van der Waals surface area contributed by atoms with Gasteiger partial charge >= 0.3 is 11.6 Å². The summed E-state index contributed by atoms with van der Waals surface area (Å²) in [6.07, 6.45) is 2.16. The van der Waals surface area contributed by atoms with Crippen LogP contribution in [0.5, 0.6) is 17.2 Å². The van der Waals surface area contributed by atoms with E-state index in [0.29, 0.717) is 11.1 Å². The van der Waals surface area contributed by atoms with Gasteiger partial charge in [0.15, 0.2) is 0 Å². The molecule has 0 unspecified atom stereocenters. The first kappa shape index (κ1) is 17.6. The minimum absolute atomic E-state index is 0.0648. The number of aromatic hydroxyl groups is 3. The Morgan fingerprint density at radius 1 is 0.920 bits per heavy atom. The maximum absolute atomic E-state index is 10.7. The van der Waals surface area contributed by atoms with Crippen LogP contribution in [0.25, 0.3) is 17.0 Å². The van der Waals surface area contributed by atoms with Gasteiger partial charge in [-0.05, 0) is 36.4 Å². The monoisotopic (exact) mass is 342 g/mol. The lowest BCUT2D eigenvalue weighted by atomic mass is 10.2. The molecule has 3 aromatic rings. The predicted octanol–water partition coefficient (Wildman–Crippen LogP) is 2.69. The number of aliphatic carboxylic acids is 1. The highest BCUT2D eigenvalue weighted by Gasteiger charge is 1.99. The van der Waals surface area contributed by atoms with Crippen LogP contribution in [0.4, 0.5) is 0 Å². The second-order valence-electron chi connectivity index (χ2n) is 4.89. The topological polar surface area (TPSA) is 128 Å². The SMILES string of the molecule is O=C(O)/C=C/c1ccc(O)cc1O.O=c1ccc2ccc(O)cc2o1. The van der Waals surface area contributed by atoms with Crippen LogP contribution in [-0.4, -0.2) is 26.4 Å². The van der Waals surface area contributed by atoms with Gasteiger partial charge in [-0.1, -0.05) is 0 Å². The third-order valence-electron chi connectivity index (χ3n) is 3.03. The number of benzene rings is 2. The number of phenolic OH excluding ortho intramolecular Hbond substituents is 3. The van der Waals surface area contributed by atoms with Crippen molar-refractivity contribution in [1.29, 1.82) is 0 Å². The van der Waals surface area contributed by atoms with Gasteiger partial charge in [0.1, 0.15) is 22.8 Å². The Labute approximate surface area is 141 Å². The van der Waals surface area contributed by atoms with Gasteiger partial charge < -0.3 is 24.8 Å². The van der Waals surface area contributed by atoms with E-state index in [0.717, 1.165) is 17.5 Å². The number of phenols is 3. The first-order chi connectivity index (χ1) is 11.8. The summed E-state index contributed by atoms with van der Waals surface area (Å²) in [6, 6.07) is 11.6. The highest BCUT2D eigenvalue weighted by molar-refractivity contribution is 5.85. The molecule has 0 aliphatic heterocycles. The number of carboxylic acids is 1. The summed E-state index contributed by atoms with van der Waals surface area (Å²) in [4.78, 5) is 20.9. The zero-order valence-corrected chi connectivity index (χ0v) is 12.8. The fourth-order valence-electron chi connectivity index (χ4n) is 1.88. The molecule has 0 atom stereocenters. The minimum Gasteiger partial charge on any atom is -0.508 e. The highest BCUT2D eigenvalue weighted by Crippen LogP contribution is 2.23. The first-order valence-corrected chi connectivity index (χ1v) is 7.01. The summed E-state index contributed by atoms with van der Waals surface area (Å²) in [5, 5.41) is 36.3. The molecule has 2 aromatic carbocycles. The van der Waals surface area contributed by atoms with Crippen molar-refractivity contribution in [3.8, 4) is 17.2 Å². The molecule has 0 radical (unpaired) electrons. The van der Waals surface area contributed by atoms with Gasteiger partial charge in [-0.3, -0.25) is 0 Å². The molecule has 1 aromatic heterocycles. The zero-order valence-electron chi connectivity index (χ0n) is 12.8. The van der Waals surface area contributed by atoms with Crippen LogP contribution in [0, 0.1) is 0 Å². The fourth-order valence-corrected chi connectivity index (χ4v) is 1.88. The van der Waals surface area contributed by atoms with E-state index in [9.17, 15) is 14.7 Å². The van der Waals surface area contributed by atoms with Gasteiger partial charge in [0.25, 0.3) is 0 Å². The Kier molecular flexibility index (Phi) is 5.42. The lowest BCUT2D eigenvalue weighted by molar-refractivity contribution is -0.131. The molecule has 0 fully saturated rings. The number of fused-ring (bicyclic) bond motifs is 1. The molecule has 0 spiro atoms. The smallest absolute Gasteiger partial charge is 0.336 e. The van der Waals surface area contributed by atoms with Crippen molar-refractivity contribution in [3.63, 3.8) is 0 Å². The van der Waals surface area contributed by atoms with Crippen LogP contribution in [-0.2, 0) is 4.79 Å². The van der Waals surface area contributed by atoms with Gasteiger partial charge in [-0.25, -0.2) is 9.59 Å². The van der Waals surface area contributed by atoms with Crippen LogP contribution in [0.2, 0.25) is 0 Å². The van der Waals surface area contributed by atoms with Crippen LogP contribution >= 0.6 is 0 Å². The van der Waals surface area contributed by atoms with Crippen LogP contribution < -0.4 is 5.63 Å². The largest absolute Gasteiger partial charge is 0.508 e. The number of carbonyl (C=O) groups is 1. The van der Waals surface area contributed by atoms with Crippen LogP contribution in [0.15, 0.2) is 63.8 Å². The van der Waals surface area contributed by atoms with E-state index in [2.05, 4.69) is 0 Å². The van der Waals surface area contributed by atoms with Crippen molar-refractivity contribution in [3.05, 3.63) is 70.6 Å². The lowest BCUT2D eigenvalue weighted by Crippen LogP contribution is -1.93. The third-order valence-corrected chi connectivity index (χ3v) is 3.03. The summed E-state index contributed by atoms with van der Waals surface area (Å²) in [5.74, 6) is -1.22. The molecule has 0 bridgehead atoms. The molecule has 128 valence electrons. The molecule has 7 nitrogen and oxygen atoms in total. The second-order valence-corrected chi connectivity index (χ2v) is 4.89. The standard InChI is InChI=1S/C9H8O4.C9H6O3/c10-7-3-1-6(8(11)5-7)2-4-9(12)13;10-7-3-1-6-2-4-9(11)12-8(6)5-7/h1-5,10-11H,(H,12,13);1-5,10H/b4-2+;. The molecule has 0 saturated heterocycles. The fraction of sp³-hybridized carbons (Fsp3) is 0. The van der Waals surface area contributed by atoms with Crippen molar-refractivity contribution in [2.45, 2.75) is 0 Å². The average Bonchev–Trinajstić information content (AvgIpc) is 2.54. The van der Waals surface area contributed by atoms with Crippen LogP contribution in [0.1, 0.15) is 5.56 Å². The Bertz CT molecular complexity index is 986. The summed E-state index contributed by atoms with van der Waals surface area (Å²) >= 11 is 0. The van der Waals surface area contributed by atoms with Gasteiger partial charge in [0.2, 0.25) is 0 Å². The molecule has 25 heavy (non-hydrogen) atoms. The average molecular weight is 342 g/mol. The van der Waals surface area contributed by atoms with E-state index in [-0.39, 0.29) is 17.2 Å². The molecule has 0 aliphatic rings. The highest BCUT2D eigenvalue weighted by atomic mass is 16.4. The van der Waals surface area contributed by atoms with E-state index in [1.807, 2.05) is 0 Å². The normalized spacial score (nSPS) is 10.4. The Morgan fingerprint density at radius 3 is 2.24 bits per heavy atom. The molecule has 0 saturated carbocycles. The molecule has 4 N–H and O–H groups in total. The summed E-state index contributed by atoms with van der Waals surface area (Å²) in [7, 11) is 0. The molecule has 7 heteroatoms. The van der Waals surface area contributed by atoms with Gasteiger partial charge in [-0.2, -0.15) is 0 Å². The summed E-state index contributed by atoms with van der Waals surface area (Å²) < 4.78 is 4.83. The second kappa shape index (κ2) is 7.69. The first-order valence-electron chi connectivity index (χ1n) is 7.01. The Balaban J connectivity index is 0.000000181. The summed E-state index contributed by atoms with van der Waals surface area (Å²) in [5.41, 5.74) is 0.343. The van der Waals surface area contributed by atoms with Crippen molar-refractivity contribution < 1.29 is 29.6 Å². The molecule has 3 rings (SSSR count). The van der Waals surface area contributed by atoms with Gasteiger partial charge in [0, 0.05) is 35.2 Å². The Hall–Kier alpha value is -3.74. The van der Waals surface area contributed by atoms with Crippen LogP contribution in [0.3, 0.4) is 0 Å². The van der Waals surface area contributed by atoms with Crippen molar-refractivity contribution >= 4 is 23.0 Å². The lowest BCUT2D eigenvalue weighted by Gasteiger charge is -1.98.